The van der Waals surface area contributed by atoms with Crippen molar-refractivity contribution in [3.63, 3.8) is 0 Å². The van der Waals surface area contributed by atoms with Crippen molar-refractivity contribution in [2.75, 3.05) is 5.32 Å². The largest absolute Gasteiger partial charge is 0.322 e. The molecule has 1 saturated carbocycles. The molecule has 3 atom stereocenters. The van der Waals surface area contributed by atoms with Crippen LogP contribution in [0.3, 0.4) is 0 Å². The highest BCUT2D eigenvalue weighted by molar-refractivity contribution is 6.31. The van der Waals surface area contributed by atoms with Crippen LogP contribution in [0.25, 0.3) is 0 Å². The zero-order valence-corrected chi connectivity index (χ0v) is 19.3. The Labute approximate surface area is 185 Å². The Morgan fingerprint density at radius 2 is 1.97 bits per heavy atom. The number of benzene rings is 2. The third kappa shape index (κ3) is 5.05. The third-order valence-electron chi connectivity index (χ3n) is 6.40. The molecule has 1 fully saturated rings. The summed E-state index contributed by atoms with van der Waals surface area (Å²) in [6.07, 6.45) is 2.41. The molecule has 3 rings (SSSR count). The van der Waals surface area contributed by atoms with Crippen molar-refractivity contribution in [2.24, 2.45) is 17.8 Å². The van der Waals surface area contributed by atoms with Crippen molar-refractivity contribution < 1.29 is 4.79 Å². The average Bonchev–Trinajstić information content (AvgIpc) is 3.47. The number of carbonyl (C=O) groups is 1. The highest BCUT2D eigenvalue weighted by Gasteiger charge is 2.39. The van der Waals surface area contributed by atoms with Gasteiger partial charge in [-0.05, 0) is 91.8 Å². The van der Waals surface area contributed by atoms with Crippen LogP contribution < -0.4 is 5.32 Å². The molecule has 0 aromatic heterocycles. The molecule has 1 amide bonds. The first-order valence-corrected chi connectivity index (χ1v) is 11.1. The van der Waals surface area contributed by atoms with E-state index in [4.69, 9.17) is 11.6 Å². The Morgan fingerprint density at radius 3 is 2.60 bits per heavy atom. The fraction of sp³-hybridized carbons (Fsp3) is 0.462. The summed E-state index contributed by atoms with van der Waals surface area (Å²) in [5.74, 6) is 2.47. The van der Waals surface area contributed by atoms with E-state index in [9.17, 15) is 10.1 Å². The second-order valence-corrected chi connectivity index (χ2v) is 9.96. The zero-order valence-electron chi connectivity index (χ0n) is 18.5. The maximum Gasteiger partial charge on any atom is 0.255 e. The second kappa shape index (κ2) is 8.82. The molecule has 30 heavy (non-hydrogen) atoms. The second-order valence-electron chi connectivity index (χ2n) is 9.55. The van der Waals surface area contributed by atoms with Gasteiger partial charge in [-0.2, -0.15) is 5.26 Å². The van der Waals surface area contributed by atoms with E-state index >= 15 is 0 Å². The predicted octanol–water partition coefficient (Wildman–Crippen LogP) is 7.18. The lowest BCUT2D eigenvalue weighted by Gasteiger charge is -2.18. The van der Waals surface area contributed by atoms with E-state index in [-0.39, 0.29) is 5.91 Å². The number of nitrogens with zero attached hydrogens (tertiary/aromatic N) is 1. The van der Waals surface area contributed by atoms with Crippen LogP contribution in [0, 0.1) is 29.1 Å². The number of rotatable bonds is 7. The summed E-state index contributed by atoms with van der Waals surface area (Å²) >= 11 is 6.48. The highest BCUT2D eigenvalue weighted by atomic mass is 35.5. The first-order chi connectivity index (χ1) is 14.1. The van der Waals surface area contributed by atoms with Crippen molar-refractivity contribution in [3.05, 3.63) is 64.2 Å². The number of carbonyl (C=O) groups excluding carboxylic acids is 1. The Bertz CT molecular complexity index is 973. The highest BCUT2D eigenvalue weighted by Crippen LogP contribution is 2.49. The molecular weight excluding hydrogens is 392 g/mol. The fourth-order valence-corrected chi connectivity index (χ4v) is 4.56. The molecule has 1 aliphatic rings. The van der Waals surface area contributed by atoms with E-state index in [1.807, 2.05) is 50.2 Å². The summed E-state index contributed by atoms with van der Waals surface area (Å²) in [5.41, 5.74) is 2.58. The third-order valence-corrected chi connectivity index (χ3v) is 6.74. The average molecular weight is 423 g/mol. The Balaban J connectivity index is 1.74. The van der Waals surface area contributed by atoms with Crippen molar-refractivity contribution in [1.82, 2.24) is 0 Å². The minimum atomic E-state index is -0.611. The van der Waals surface area contributed by atoms with Gasteiger partial charge < -0.3 is 5.32 Å². The molecular formula is C26H31ClN2O. The van der Waals surface area contributed by atoms with Crippen molar-refractivity contribution in [1.29, 1.82) is 5.26 Å². The number of nitriles is 1. The van der Waals surface area contributed by atoms with Gasteiger partial charge in [0.1, 0.15) is 0 Å². The number of nitrogens with one attached hydrogen (secondary N) is 1. The van der Waals surface area contributed by atoms with Gasteiger partial charge in [-0.1, -0.05) is 44.5 Å². The molecule has 2 aromatic carbocycles. The lowest BCUT2D eigenvalue weighted by Crippen LogP contribution is -2.16. The van der Waals surface area contributed by atoms with Gasteiger partial charge in [0.2, 0.25) is 0 Å². The van der Waals surface area contributed by atoms with Crippen LogP contribution in [0.5, 0.6) is 0 Å². The van der Waals surface area contributed by atoms with Gasteiger partial charge in [-0.25, -0.2) is 0 Å². The maximum atomic E-state index is 12.9. The quantitative estimate of drug-likeness (QED) is 0.513. The van der Waals surface area contributed by atoms with Crippen LogP contribution in [0.4, 0.5) is 5.69 Å². The van der Waals surface area contributed by atoms with Gasteiger partial charge >= 0.3 is 0 Å². The molecule has 158 valence electrons. The monoisotopic (exact) mass is 422 g/mol. The topological polar surface area (TPSA) is 52.9 Å². The number of anilines is 1. The first-order valence-electron chi connectivity index (χ1n) is 10.7. The van der Waals surface area contributed by atoms with E-state index in [0.717, 1.165) is 40.3 Å². The normalized spacial score (nSPS) is 19.3. The minimum Gasteiger partial charge on any atom is -0.322 e. The van der Waals surface area contributed by atoms with Crippen molar-refractivity contribution in [2.45, 2.75) is 58.8 Å². The van der Waals surface area contributed by atoms with Gasteiger partial charge in [0.15, 0.2) is 0 Å². The molecule has 0 heterocycles. The van der Waals surface area contributed by atoms with E-state index in [2.05, 4.69) is 32.2 Å². The van der Waals surface area contributed by atoms with Gasteiger partial charge in [0.25, 0.3) is 5.91 Å². The van der Waals surface area contributed by atoms with Crippen molar-refractivity contribution in [3.8, 4) is 6.07 Å². The van der Waals surface area contributed by atoms with Crippen LogP contribution in [0.1, 0.15) is 74.9 Å². The summed E-state index contributed by atoms with van der Waals surface area (Å²) in [5, 5.41) is 13.1. The van der Waals surface area contributed by atoms with E-state index in [1.165, 1.54) is 6.42 Å². The molecule has 0 aliphatic heterocycles. The zero-order chi connectivity index (χ0) is 22.1. The standard InChI is InChI=1S/C26H31ClN2O/c1-16(2)22-13-19(22)11-17(3)23-12-18(9-10-24(23)27)25(30)29-21-8-6-7-20(14-21)26(4,5)15-28/h6-10,12,14,16-17,19,22H,11,13H2,1-5H3,(H,29,30). The lowest BCUT2D eigenvalue weighted by atomic mass is 9.86. The number of hydrogen-bond acceptors (Lipinski definition) is 2. The Hall–Kier alpha value is -2.31. The molecule has 0 bridgehead atoms. The predicted molar refractivity (Wildman–Crippen MR) is 124 cm³/mol. The summed E-state index contributed by atoms with van der Waals surface area (Å²) in [4.78, 5) is 12.9. The fourth-order valence-electron chi connectivity index (χ4n) is 4.26. The molecule has 2 aromatic rings. The Kier molecular flexibility index (Phi) is 6.58. The van der Waals surface area contributed by atoms with Crippen LogP contribution in [-0.4, -0.2) is 5.91 Å². The number of halogens is 1. The van der Waals surface area contributed by atoms with Gasteiger partial charge in [-0.3, -0.25) is 4.79 Å². The maximum absolute atomic E-state index is 12.9. The van der Waals surface area contributed by atoms with Crippen LogP contribution in [0.2, 0.25) is 5.02 Å². The van der Waals surface area contributed by atoms with Crippen LogP contribution >= 0.6 is 11.6 Å². The first kappa shape index (κ1) is 22.4. The Morgan fingerprint density at radius 1 is 1.23 bits per heavy atom. The van der Waals surface area contributed by atoms with E-state index < -0.39 is 5.41 Å². The van der Waals surface area contributed by atoms with Gasteiger partial charge in [0.05, 0.1) is 11.5 Å². The molecule has 0 radical (unpaired) electrons. The molecule has 3 unspecified atom stereocenters. The van der Waals surface area contributed by atoms with E-state index in [1.54, 1.807) is 6.07 Å². The lowest BCUT2D eigenvalue weighted by molar-refractivity contribution is 0.102. The SMILES string of the molecule is CC(CC1CC1C(C)C)c1cc(C(=O)Nc2cccc(C(C)(C)C#N)c2)ccc1Cl. The van der Waals surface area contributed by atoms with Gasteiger partial charge in [0, 0.05) is 16.3 Å². The minimum absolute atomic E-state index is 0.168. The molecule has 0 spiro atoms. The number of amides is 1. The molecule has 4 heteroatoms. The van der Waals surface area contributed by atoms with E-state index in [0.29, 0.717) is 17.2 Å². The number of hydrogen-bond donors (Lipinski definition) is 1. The van der Waals surface area contributed by atoms with Crippen molar-refractivity contribution >= 4 is 23.2 Å². The molecule has 3 nitrogen and oxygen atoms in total. The summed E-state index contributed by atoms with van der Waals surface area (Å²) in [7, 11) is 0. The summed E-state index contributed by atoms with van der Waals surface area (Å²) in [6, 6.07) is 15.3. The molecule has 0 saturated heterocycles. The smallest absolute Gasteiger partial charge is 0.255 e. The van der Waals surface area contributed by atoms with Crippen LogP contribution in [0.15, 0.2) is 42.5 Å². The van der Waals surface area contributed by atoms with Gasteiger partial charge in [-0.15, -0.1) is 0 Å². The molecule has 1 aliphatic carbocycles. The summed E-state index contributed by atoms with van der Waals surface area (Å²) in [6.45, 7) is 10.5. The molecule has 1 N–H and O–H groups in total. The van der Waals surface area contributed by atoms with Crippen LogP contribution in [-0.2, 0) is 5.41 Å². The summed E-state index contributed by atoms with van der Waals surface area (Å²) < 4.78 is 0.